The molecule has 0 aromatic heterocycles. The van der Waals surface area contributed by atoms with Crippen LogP contribution in [0.3, 0.4) is 0 Å². The van der Waals surface area contributed by atoms with E-state index in [1.54, 1.807) is 0 Å². The summed E-state index contributed by atoms with van der Waals surface area (Å²) in [5.41, 5.74) is 1.48. The first-order valence-corrected chi connectivity index (χ1v) is 8.26. The molecule has 0 heterocycles. The molecule has 3 unspecified atom stereocenters. The zero-order valence-electron chi connectivity index (χ0n) is 13.2. The first-order chi connectivity index (χ1) is 9.80. The maximum absolute atomic E-state index is 5.66. The molecule has 0 aliphatic heterocycles. The van der Waals surface area contributed by atoms with Crippen molar-refractivity contribution in [3.8, 4) is 5.75 Å². The highest BCUT2D eigenvalue weighted by atomic mass is 16.5. The van der Waals surface area contributed by atoms with E-state index in [1.165, 1.54) is 24.8 Å². The first kappa shape index (κ1) is 15.4. The Morgan fingerprint density at radius 1 is 1.10 bits per heavy atom. The average Bonchev–Trinajstić information content (AvgIpc) is 2.46. The second-order valence-electron chi connectivity index (χ2n) is 5.89. The Morgan fingerprint density at radius 3 is 2.45 bits per heavy atom. The van der Waals surface area contributed by atoms with Gasteiger partial charge in [-0.3, -0.25) is 0 Å². The van der Waals surface area contributed by atoms with E-state index in [1.807, 2.05) is 0 Å². The fourth-order valence-corrected chi connectivity index (χ4v) is 3.26. The van der Waals surface area contributed by atoms with Gasteiger partial charge in [-0.2, -0.15) is 0 Å². The van der Waals surface area contributed by atoms with Gasteiger partial charge in [-0.05, 0) is 55.3 Å². The van der Waals surface area contributed by atoms with Crippen molar-refractivity contribution in [2.45, 2.75) is 58.4 Å². The van der Waals surface area contributed by atoms with E-state index >= 15 is 0 Å². The number of hydrogen-bond donors (Lipinski definition) is 1. The Labute approximate surface area is 123 Å². The summed E-state index contributed by atoms with van der Waals surface area (Å²) >= 11 is 0. The van der Waals surface area contributed by atoms with E-state index in [2.05, 4.69) is 50.4 Å². The van der Waals surface area contributed by atoms with Gasteiger partial charge >= 0.3 is 0 Å². The summed E-state index contributed by atoms with van der Waals surface area (Å²) in [7, 11) is 0. The van der Waals surface area contributed by atoms with Gasteiger partial charge in [0, 0.05) is 6.04 Å². The molecule has 0 bridgehead atoms. The lowest BCUT2D eigenvalue weighted by Crippen LogP contribution is -2.49. The highest BCUT2D eigenvalue weighted by Gasteiger charge is 2.39. The van der Waals surface area contributed by atoms with Crippen molar-refractivity contribution in [1.29, 1.82) is 0 Å². The topological polar surface area (TPSA) is 21.3 Å². The average molecular weight is 275 g/mol. The molecule has 1 aromatic rings. The monoisotopic (exact) mass is 275 g/mol. The van der Waals surface area contributed by atoms with Crippen molar-refractivity contribution >= 4 is 0 Å². The third-order valence-corrected chi connectivity index (χ3v) is 4.45. The molecule has 0 amide bonds. The zero-order chi connectivity index (χ0) is 14.4. The SMILES string of the molecule is CCCNC1CC(c2ccc(OCCC)cc2)C1CC. The van der Waals surface area contributed by atoms with Crippen LogP contribution in [0.15, 0.2) is 24.3 Å². The molecular weight excluding hydrogens is 246 g/mol. The molecule has 1 aromatic carbocycles. The van der Waals surface area contributed by atoms with Gasteiger partial charge in [-0.25, -0.2) is 0 Å². The maximum Gasteiger partial charge on any atom is 0.119 e. The minimum atomic E-state index is 0.723. The van der Waals surface area contributed by atoms with Crippen molar-refractivity contribution in [3.05, 3.63) is 29.8 Å². The molecule has 1 aliphatic rings. The molecule has 1 aliphatic carbocycles. The van der Waals surface area contributed by atoms with Gasteiger partial charge in [0.15, 0.2) is 0 Å². The smallest absolute Gasteiger partial charge is 0.119 e. The van der Waals surface area contributed by atoms with E-state index < -0.39 is 0 Å². The summed E-state index contributed by atoms with van der Waals surface area (Å²) in [6, 6.07) is 9.50. The molecule has 0 spiro atoms. The molecule has 2 heteroatoms. The molecule has 2 nitrogen and oxygen atoms in total. The number of ether oxygens (including phenoxy) is 1. The molecule has 1 saturated carbocycles. The largest absolute Gasteiger partial charge is 0.494 e. The lowest BCUT2D eigenvalue weighted by Gasteiger charge is -2.45. The Balaban J connectivity index is 1.91. The Hall–Kier alpha value is -1.02. The third kappa shape index (κ3) is 3.54. The normalized spacial score (nSPS) is 25.2. The van der Waals surface area contributed by atoms with E-state index in [4.69, 9.17) is 4.74 Å². The van der Waals surface area contributed by atoms with Gasteiger partial charge in [-0.15, -0.1) is 0 Å². The van der Waals surface area contributed by atoms with Crippen LogP contribution in [0.4, 0.5) is 0 Å². The van der Waals surface area contributed by atoms with Crippen LogP contribution in [-0.4, -0.2) is 19.2 Å². The van der Waals surface area contributed by atoms with Crippen molar-refractivity contribution < 1.29 is 4.74 Å². The molecule has 112 valence electrons. The summed E-state index contributed by atoms with van der Waals surface area (Å²) in [6.45, 7) is 8.65. The molecule has 0 saturated heterocycles. The van der Waals surface area contributed by atoms with Crippen LogP contribution in [0, 0.1) is 5.92 Å². The minimum absolute atomic E-state index is 0.723. The number of hydrogen-bond acceptors (Lipinski definition) is 2. The number of benzene rings is 1. The van der Waals surface area contributed by atoms with Crippen LogP contribution >= 0.6 is 0 Å². The fourth-order valence-electron chi connectivity index (χ4n) is 3.26. The van der Waals surface area contributed by atoms with E-state index in [0.717, 1.165) is 43.2 Å². The van der Waals surface area contributed by atoms with Gasteiger partial charge in [-0.1, -0.05) is 39.3 Å². The standard InChI is InChI=1S/C18H29NO/c1-4-11-19-18-13-17(16(18)6-3)14-7-9-15(10-8-14)20-12-5-2/h7-10,16-19H,4-6,11-13H2,1-3H3. The Morgan fingerprint density at radius 2 is 1.85 bits per heavy atom. The summed E-state index contributed by atoms with van der Waals surface area (Å²) < 4.78 is 5.66. The molecule has 20 heavy (non-hydrogen) atoms. The zero-order valence-corrected chi connectivity index (χ0v) is 13.2. The van der Waals surface area contributed by atoms with E-state index in [-0.39, 0.29) is 0 Å². The quantitative estimate of drug-likeness (QED) is 0.761. The molecule has 3 atom stereocenters. The summed E-state index contributed by atoms with van der Waals surface area (Å²) in [4.78, 5) is 0. The lowest BCUT2D eigenvalue weighted by atomic mass is 9.65. The number of nitrogens with one attached hydrogen (secondary N) is 1. The van der Waals surface area contributed by atoms with Crippen molar-refractivity contribution in [2.75, 3.05) is 13.2 Å². The first-order valence-electron chi connectivity index (χ1n) is 8.26. The van der Waals surface area contributed by atoms with Gasteiger partial charge in [0.25, 0.3) is 0 Å². The highest BCUT2D eigenvalue weighted by molar-refractivity contribution is 5.32. The van der Waals surface area contributed by atoms with Crippen LogP contribution in [0.2, 0.25) is 0 Å². The molecule has 1 N–H and O–H groups in total. The molecule has 2 rings (SSSR count). The van der Waals surface area contributed by atoms with Crippen LogP contribution in [-0.2, 0) is 0 Å². The van der Waals surface area contributed by atoms with E-state index in [0.29, 0.717) is 0 Å². The second-order valence-corrected chi connectivity index (χ2v) is 5.89. The third-order valence-electron chi connectivity index (χ3n) is 4.45. The predicted molar refractivity (Wildman–Crippen MR) is 85.4 cm³/mol. The van der Waals surface area contributed by atoms with Crippen molar-refractivity contribution in [2.24, 2.45) is 5.92 Å². The minimum Gasteiger partial charge on any atom is -0.494 e. The second kappa shape index (κ2) is 7.68. The maximum atomic E-state index is 5.66. The van der Waals surface area contributed by atoms with Crippen LogP contribution in [0.1, 0.15) is 57.9 Å². The predicted octanol–water partition coefficient (Wildman–Crippen LogP) is 4.36. The molecule has 1 fully saturated rings. The van der Waals surface area contributed by atoms with Crippen LogP contribution in [0.25, 0.3) is 0 Å². The summed E-state index contributed by atoms with van der Waals surface area (Å²) in [5.74, 6) is 2.53. The lowest BCUT2D eigenvalue weighted by molar-refractivity contribution is 0.161. The summed E-state index contributed by atoms with van der Waals surface area (Å²) in [5, 5.41) is 3.68. The van der Waals surface area contributed by atoms with Gasteiger partial charge in [0.2, 0.25) is 0 Å². The number of rotatable bonds is 8. The van der Waals surface area contributed by atoms with Crippen LogP contribution in [0.5, 0.6) is 5.75 Å². The molecular formula is C18H29NO. The van der Waals surface area contributed by atoms with Gasteiger partial charge in [0.1, 0.15) is 5.75 Å². The Bertz CT molecular complexity index is 387. The van der Waals surface area contributed by atoms with Gasteiger partial charge < -0.3 is 10.1 Å². The fraction of sp³-hybridized carbons (Fsp3) is 0.667. The van der Waals surface area contributed by atoms with Gasteiger partial charge in [0.05, 0.1) is 6.61 Å². The van der Waals surface area contributed by atoms with E-state index in [9.17, 15) is 0 Å². The van der Waals surface area contributed by atoms with Crippen molar-refractivity contribution in [3.63, 3.8) is 0 Å². The summed E-state index contributed by atoms with van der Waals surface area (Å²) in [6.07, 6.45) is 4.84. The molecule has 0 radical (unpaired) electrons. The Kier molecular flexibility index (Phi) is 5.90. The van der Waals surface area contributed by atoms with Crippen LogP contribution < -0.4 is 10.1 Å². The highest BCUT2D eigenvalue weighted by Crippen LogP contribution is 2.44. The van der Waals surface area contributed by atoms with Crippen molar-refractivity contribution in [1.82, 2.24) is 5.32 Å².